The van der Waals surface area contributed by atoms with Gasteiger partial charge >= 0.3 is 0 Å². The van der Waals surface area contributed by atoms with E-state index in [2.05, 4.69) is 28.8 Å². The van der Waals surface area contributed by atoms with Crippen molar-refractivity contribution in [3.63, 3.8) is 0 Å². The number of ether oxygens (including phenoxy) is 2. The van der Waals surface area contributed by atoms with Gasteiger partial charge in [-0.2, -0.15) is 11.8 Å². The first kappa shape index (κ1) is 24.2. The Morgan fingerprint density at radius 2 is 2.00 bits per heavy atom. The van der Waals surface area contributed by atoms with E-state index in [1.54, 1.807) is 14.2 Å². The second-order valence-electron chi connectivity index (χ2n) is 5.39. The van der Waals surface area contributed by atoms with Crippen LogP contribution in [0.25, 0.3) is 0 Å². The Balaban J connectivity index is 0.00000576. The smallest absolute Gasteiger partial charge is 0.191 e. The highest BCUT2D eigenvalue weighted by molar-refractivity contribution is 14.0. The molecule has 0 aliphatic rings. The number of aliphatic imine (C=N–C) groups is 1. The molecule has 0 aliphatic heterocycles. The van der Waals surface area contributed by atoms with Gasteiger partial charge in [0.05, 0.1) is 13.7 Å². The number of hydrogen-bond acceptors (Lipinski definition) is 4. The van der Waals surface area contributed by atoms with Gasteiger partial charge in [0.1, 0.15) is 0 Å². The number of hydrogen-bond donors (Lipinski definition) is 2. The van der Waals surface area contributed by atoms with E-state index >= 15 is 0 Å². The van der Waals surface area contributed by atoms with Gasteiger partial charge in [0.25, 0.3) is 0 Å². The van der Waals surface area contributed by atoms with Crippen LogP contribution in [-0.4, -0.2) is 45.3 Å². The zero-order chi connectivity index (χ0) is 17.6. The fourth-order valence-electron chi connectivity index (χ4n) is 2.14. The Bertz CT molecular complexity index is 501. The number of guanidine groups is 1. The van der Waals surface area contributed by atoms with Crippen molar-refractivity contribution in [2.45, 2.75) is 32.7 Å². The Morgan fingerprint density at radius 3 is 2.64 bits per heavy atom. The highest BCUT2D eigenvalue weighted by atomic mass is 127. The Morgan fingerprint density at radius 1 is 1.20 bits per heavy atom. The Kier molecular flexibility index (Phi) is 14.9. The third-order valence-electron chi connectivity index (χ3n) is 3.44. The van der Waals surface area contributed by atoms with Gasteiger partial charge in [0.2, 0.25) is 0 Å². The molecule has 1 rings (SSSR count). The zero-order valence-electron chi connectivity index (χ0n) is 15.8. The summed E-state index contributed by atoms with van der Waals surface area (Å²) in [6.07, 6.45) is 5.49. The van der Waals surface area contributed by atoms with Crippen molar-refractivity contribution in [2.75, 3.05) is 39.3 Å². The van der Waals surface area contributed by atoms with Gasteiger partial charge in [-0.15, -0.1) is 24.0 Å². The lowest BCUT2D eigenvalue weighted by molar-refractivity contribution is 0.294. The molecule has 1 aromatic rings. The molecule has 7 heteroatoms. The number of thioether (sulfide) groups is 1. The largest absolute Gasteiger partial charge is 0.493 e. The molecule has 1 aromatic carbocycles. The molecule has 0 fully saturated rings. The SMILES string of the molecule is CCCOc1ccc(CNC(=NC)NCCCCSC)cc1OC.I. The van der Waals surface area contributed by atoms with Gasteiger partial charge in [0.15, 0.2) is 17.5 Å². The third kappa shape index (κ3) is 10.0. The van der Waals surface area contributed by atoms with Gasteiger partial charge in [-0.3, -0.25) is 4.99 Å². The number of rotatable bonds is 11. The molecule has 0 amide bonds. The third-order valence-corrected chi connectivity index (χ3v) is 4.14. The van der Waals surface area contributed by atoms with E-state index in [1.807, 2.05) is 30.0 Å². The van der Waals surface area contributed by atoms with Crippen molar-refractivity contribution in [2.24, 2.45) is 4.99 Å². The van der Waals surface area contributed by atoms with E-state index in [-0.39, 0.29) is 24.0 Å². The molecule has 0 heterocycles. The monoisotopic (exact) mass is 481 g/mol. The number of unbranched alkanes of at least 4 members (excludes halogenated alkanes) is 1. The Hall–Kier alpha value is -0.830. The van der Waals surface area contributed by atoms with E-state index < -0.39 is 0 Å². The van der Waals surface area contributed by atoms with Gasteiger partial charge in [-0.25, -0.2) is 0 Å². The van der Waals surface area contributed by atoms with E-state index in [4.69, 9.17) is 9.47 Å². The van der Waals surface area contributed by atoms with Crippen molar-refractivity contribution in [3.05, 3.63) is 23.8 Å². The normalized spacial score (nSPS) is 10.8. The Labute approximate surface area is 173 Å². The van der Waals surface area contributed by atoms with Crippen LogP contribution >= 0.6 is 35.7 Å². The molecule has 0 bridgehead atoms. The van der Waals surface area contributed by atoms with Crippen molar-refractivity contribution < 1.29 is 9.47 Å². The molecule has 0 saturated heterocycles. The molecule has 25 heavy (non-hydrogen) atoms. The molecule has 144 valence electrons. The summed E-state index contributed by atoms with van der Waals surface area (Å²) in [6, 6.07) is 6.01. The summed E-state index contributed by atoms with van der Waals surface area (Å²) >= 11 is 1.89. The number of nitrogens with zero attached hydrogens (tertiary/aromatic N) is 1. The predicted molar refractivity (Wildman–Crippen MR) is 120 cm³/mol. The van der Waals surface area contributed by atoms with Gasteiger partial charge in [0, 0.05) is 20.1 Å². The van der Waals surface area contributed by atoms with Gasteiger partial charge in [-0.1, -0.05) is 13.0 Å². The van der Waals surface area contributed by atoms with Crippen LogP contribution in [0, 0.1) is 0 Å². The highest BCUT2D eigenvalue weighted by Gasteiger charge is 2.06. The van der Waals surface area contributed by atoms with Crippen LogP contribution in [0.15, 0.2) is 23.2 Å². The molecule has 0 aliphatic carbocycles. The van der Waals surface area contributed by atoms with E-state index in [9.17, 15) is 0 Å². The number of methoxy groups -OCH3 is 1. The summed E-state index contributed by atoms with van der Waals surface area (Å²) in [5.74, 6) is 3.59. The molecular formula is C18H32IN3O2S. The topological polar surface area (TPSA) is 54.9 Å². The average molecular weight is 481 g/mol. The first-order valence-electron chi connectivity index (χ1n) is 8.48. The summed E-state index contributed by atoms with van der Waals surface area (Å²) in [6.45, 7) is 4.41. The van der Waals surface area contributed by atoms with Crippen molar-refractivity contribution >= 4 is 41.7 Å². The molecule has 2 N–H and O–H groups in total. The van der Waals surface area contributed by atoms with E-state index in [0.29, 0.717) is 13.2 Å². The zero-order valence-corrected chi connectivity index (χ0v) is 18.9. The second-order valence-corrected chi connectivity index (χ2v) is 6.37. The van der Waals surface area contributed by atoms with E-state index in [1.165, 1.54) is 12.2 Å². The van der Waals surface area contributed by atoms with Crippen molar-refractivity contribution in [1.82, 2.24) is 10.6 Å². The lowest BCUT2D eigenvalue weighted by Gasteiger charge is -2.14. The minimum atomic E-state index is 0. The minimum Gasteiger partial charge on any atom is -0.493 e. The quantitative estimate of drug-likeness (QED) is 0.217. The fourth-order valence-corrected chi connectivity index (χ4v) is 2.63. The van der Waals surface area contributed by atoms with Crippen LogP contribution in [0.4, 0.5) is 0 Å². The van der Waals surface area contributed by atoms with E-state index in [0.717, 1.165) is 42.4 Å². The average Bonchev–Trinajstić information content (AvgIpc) is 2.62. The van der Waals surface area contributed by atoms with Gasteiger partial charge < -0.3 is 20.1 Å². The molecular weight excluding hydrogens is 449 g/mol. The van der Waals surface area contributed by atoms with Crippen molar-refractivity contribution in [1.29, 1.82) is 0 Å². The minimum absolute atomic E-state index is 0. The summed E-state index contributed by atoms with van der Waals surface area (Å²) in [5.41, 5.74) is 1.13. The van der Waals surface area contributed by atoms with Crippen LogP contribution in [0.1, 0.15) is 31.7 Å². The lowest BCUT2D eigenvalue weighted by atomic mass is 10.2. The predicted octanol–water partition coefficient (Wildman–Crippen LogP) is 3.91. The summed E-state index contributed by atoms with van der Waals surface area (Å²) in [4.78, 5) is 4.25. The molecule has 0 atom stereocenters. The standard InChI is InChI=1S/C18H31N3O2S.HI/c1-5-11-23-16-9-8-15(13-17(16)22-3)14-21-18(19-2)20-10-6-7-12-24-4;/h8-9,13H,5-7,10-12,14H2,1-4H3,(H2,19,20,21);1H. The first-order chi connectivity index (χ1) is 11.7. The molecule has 0 unspecified atom stereocenters. The summed E-state index contributed by atoms with van der Waals surface area (Å²) in [5, 5.41) is 6.67. The summed E-state index contributed by atoms with van der Waals surface area (Å²) < 4.78 is 11.1. The molecule has 0 spiro atoms. The van der Waals surface area contributed by atoms with Crippen LogP contribution in [-0.2, 0) is 6.54 Å². The molecule has 0 radical (unpaired) electrons. The number of benzene rings is 1. The second kappa shape index (κ2) is 15.4. The molecule has 0 aromatic heterocycles. The maximum atomic E-state index is 5.68. The number of nitrogens with one attached hydrogen (secondary N) is 2. The first-order valence-corrected chi connectivity index (χ1v) is 9.87. The van der Waals surface area contributed by atoms with Crippen LogP contribution in [0.2, 0.25) is 0 Å². The molecule has 5 nitrogen and oxygen atoms in total. The number of halogens is 1. The highest BCUT2D eigenvalue weighted by Crippen LogP contribution is 2.28. The fraction of sp³-hybridized carbons (Fsp3) is 0.611. The van der Waals surface area contributed by atoms with Crippen molar-refractivity contribution in [3.8, 4) is 11.5 Å². The van der Waals surface area contributed by atoms with Crippen LogP contribution in [0.5, 0.6) is 11.5 Å². The van der Waals surface area contributed by atoms with Crippen LogP contribution in [0.3, 0.4) is 0 Å². The molecule has 0 saturated carbocycles. The van der Waals surface area contributed by atoms with Gasteiger partial charge in [-0.05, 0) is 49.0 Å². The van der Waals surface area contributed by atoms with Crippen LogP contribution < -0.4 is 20.1 Å². The maximum absolute atomic E-state index is 5.68. The lowest BCUT2D eigenvalue weighted by Crippen LogP contribution is -2.37. The maximum Gasteiger partial charge on any atom is 0.191 e. The summed E-state index contributed by atoms with van der Waals surface area (Å²) in [7, 11) is 3.46.